The number of benzene rings is 1. The number of aromatic nitrogens is 2. The summed E-state index contributed by atoms with van der Waals surface area (Å²) in [6, 6.07) is 6.23. The van der Waals surface area contributed by atoms with Gasteiger partial charge < -0.3 is 14.2 Å². The molecule has 1 aliphatic rings. The maximum absolute atomic E-state index is 13.0. The summed E-state index contributed by atoms with van der Waals surface area (Å²) in [5, 5.41) is 4.02. The van der Waals surface area contributed by atoms with Gasteiger partial charge in [-0.1, -0.05) is 17.3 Å². The highest BCUT2D eigenvalue weighted by molar-refractivity contribution is 5.68. The maximum atomic E-state index is 13.0. The van der Waals surface area contributed by atoms with Gasteiger partial charge in [0.1, 0.15) is 11.4 Å². The molecule has 0 spiro atoms. The number of likely N-dealkylation sites (tertiary alicyclic amines) is 1. The van der Waals surface area contributed by atoms with E-state index in [1.807, 2.05) is 20.8 Å². The second-order valence-corrected chi connectivity index (χ2v) is 7.62. The number of amides is 1. The molecule has 0 N–H and O–H groups in total. The lowest BCUT2D eigenvalue weighted by Gasteiger charge is -2.32. The number of hydrogen-bond acceptors (Lipinski definition) is 5. The first-order valence-corrected chi connectivity index (χ1v) is 8.85. The molecule has 0 bridgehead atoms. The molecule has 1 fully saturated rings. The van der Waals surface area contributed by atoms with Gasteiger partial charge in [0.2, 0.25) is 5.89 Å². The minimum atomic E-state index is -0.517. The molecule has 1 unspecified atom stereocenters. The normalized spacial score (nSPS) is 18.0. The van der Waals surface area contributed by atoms with Gasteiger partial charge in [0.05, 0.1) is 5.92 Å². The fourth-order valence-electron chi connectivity index (χ4n) is 2.96. The number of piperidine rings is 1. The van der Waals surface area contributed by atoms with Crippen molar-refractivity contribution in [2.24, 2.45) is 0 Å². The van der Waals surface area contributed by atoms with Crippen molar-refractivity contribution in [3.63, 3.8) is 0 Å². The van der Waals surface area contributed by atoms with Crippen molar-refractivity contribution in [2.75, 3.05) is 13.1 Å². The Morgan fingerprint density at radius 3 is 2.77 bits per heavy atom. The van der Waals surface area contributed by atoms with Crippen molar-refractivity contribution in [1.82, 2.24) is 15.0 Å². The second kappa shape index (κ2) is 7.43. The van der Waals surface area contributed by atoms with E-state index in [9.17, 15) is 9.18 Å². The molecule has 140 valence electrons. The fourth-order valence-corrected chi connectivity index (χ4v) is 2.96. The SMILES string of the molecule is CC(C)(C)OC(=O)N1CCCC(c2nc(Cc3ccc(F)cc3)no2)C1. The molecule has 6 nitrogen and oxygen atoms in total. The van der Waals surface area contributed by atoms with E-state index < -0.39 is 5.60 Å². The third kappa shape index (κ3) is 4.80. The highest BCUT2D eigenvalue weighted by Gasteiger charge is 2.31. The number of ether oxygens (including phenoxy) is 1. The van der Waals surface area contributed by atoms with Crippen molar-refractivity contribution < 1.29 is 18.4 Å². The molecule has 1 aliphatic heterocycles. The van der Waals surface area contributed by atoms with Gasteiger partial charge in [-0.2, -0.15) is 4.98 Å². The standard InChI is InChI=1S/C19H24FN3O3/c1-19(2,3)25-18(24)23-10-4-5-14(12-23)17-21-16(22-26-17)11-13-6-8-15(20)9-7-13/h6-9,14H,4-5,10-12H2,1-3H3. The summed E-state index contributed by atoms with van der Waals surface area (Å²) >= 11 is 0. The molecule has 1 saturated heterocycles. The Kier molecular flexibility index (Phi) is 5.25. The molecule has 2 aromatic rings. The molecule has 1 amide bonds. The summed E-state index contributed by atoms with van der Waals surface area (Å²) in [5.74, 6) is 0.828. The Hall–Kier alpha value is -2.44. The van der Waals surface area contributed by atoms with Gasteiger partial charge in [-0.3, -0.25) is 0 Å². The lowest BCUT2D eigenvalue weighted by Crippen LogP contribution is -2.42. The molecular formula is C19H24FN3O3. The molecule has 7 heteroatoms. The number of hydrogen-bond donors (Lipinski definition) is 0. The zero-order valence-electron chi connectivity index (χ0n) is 15.4. The van der Waals surface area contributed by atoms with Gasteiger partial charge in [0.25, 0.3) is 0 Å². The minimum absolute atomic E-state index is 0.00531. The molecule has 0 radical (unpaired) electrons. The Morgan fingerprint density at radius 1 is 1.35 bits per heavy atom. The molecule has 0 aliphatic carbocycles. The van der Waals surface area contributed by atoms with Crippen LogP contribution in [0.4, 0.5) is 9.18 Å². The van der Waals surface area contributed by atoms with Crippen LogP contribution in [0.15, 0.2) is 28.8 Å². The smallest absolute Gasteiger partial charge is 0.410 e. The van der Waals surface area contributed by atoms with E-state index in [1.54, 1.807) is 17.0 Å². The van der Waals surface area contributed by atoms with Crippen LogP contribution in [0.5, 0.6) is 0 Å². The van der Waals surface area contributed by atoms with E-state index in [4.69, 9.17) is 9.26 Å². The van der Waals surface area contributed by atoms with Crippen molar-refractivity contribution in [1.29, 1.82) is 0 Å². The summed E-state index contributed by atoms with van der Waals surface area (Å²) < 4.78 is 23.8. The van der Waals surface area contributed by atoms with Crippen LogP contribution >= 0.6 is 0 Å². The van der Waals surface area contributed by atoms with Crippen LogP contribution in [0, 0.1) is 5.82 Å². The van der Waals surface area contributed by atoms with E-state index in [1.165, 1.54) is 12.1 Å². The number of carbonyl (C=O) groups is 1. The number of nitrogens with zero attached hydrogens (tertiary/aromatic N) is 3. The summed E-state index contributed by atoms with van der Waals surface area (Å²) in [7, 11) is 0. The van der Waals surface area contributed by atoms with Gasteiger partial charge in [0, 0.05) is 19.5 Å². The average molecular weight is 361 g/mol. The Bertz CT molecular complexity index is 752. The zero-order chi connectivity index (χ0) is 18.7. The molecule has 1 atom stereocenters. The first-order valence-electron chi connectivity index (χ1n) is 8.85. The largest absolute Gasteiger partial charge is 0.444 e. The molecule has 3 rings (SSSR count). The quantitative estimate of drug-likeness (QED) is 0.829. The number of halogens is 1. The summed E-state index contributed by atoms with van der Waals surface area (Å²) in [5.41, 5.74) is 0.398. The van der Waals surface area contributed by atoms with E-state index in [0.717, 1.165) is 18.4 Å². The summed E-state index contributed by atoms with van der Waals surface area (Å²) in [6.07, 6.45) is 1.91. The van der Waals surface area contributed by atoms with E-state index in [2.05, 4.69) is 10.1 Å². The van der Waals surface area contributed by atoms with E-state index >= 15 is 0 Å². The number of rotatable bonds is 3. The molecule has 1 aromatic heterocycles. The third-order valence-electron chi connectivity index (χ3n) is 4.18. The van der Waals surface area contributed by atoms with Crippen LogP contribution in [0.1, 0.15) is 56.8 Å². The van der Waals surface area contributed by atoms with Gasteiger partial charge in [0.15, 0.2) is 5.82 Å². The fraction of sp³-hybridized carbons (Fsp3) is 0.526. The Labute approximate surface area is 152 Å². The molecule has 1 aromatic carbocycles. The van der Waals surface area contributed by atoms with Crippen molar-refractivity contribution in [2.45, 2.75) is 51.6 Å². The lowest BCUT2D eigenvalue weighted by atomic mass is 9.98. The topological polar surface area (TPSA) is 68.5 Å². The minimum Gasteiger partial charge on any atom is -0.444 e. The molecule has 0 saturated carbocycles. The highest BCUT2D eigenvalue weighted by atomic mass is 19.1. The van der Waals surface area contributed by atoms with Gasteiger partial charge in [-0.25, -0.2) is 9.18 Å². The molecule has 2 heterocycles. The Balaban J connectivity index is 1.63. The van der Waals surface area contributed by atoms with Gasteiger partial charge >= 0.3 is 6.09 Å². The van der Waals surface area contributed by atoms with Gasteiger partial charge in [-0.15, -0.1) is 0 Å². The van der Waals surface area contributed by atoms with Crippen LogP contribution in [0.2, 0.25) is 0 Å². The third-order valence-corrected chi connectivity index (χ3v) is 4.18. The van der Waals surface area contributed by atoms with Crippen LogP contribution in [0.3, 0.4) is 0 Å². The highest BCUT2D eigenvalue weighted by Crippen LogP contribution is 2.27. The van der Waals surface area contributed by atoms with Crippen LogP contribution in [-0.2, 0) is 11.2 Å². The van der Waals surface area contributed by atoms with Crippen LogP contribution < -0.4 is 0 Å². The maximum Gasteiger partial charge on any atom is 0.410 e. The van der Waals surface area contributed by atoms with Crippen molar-refractivity contribution >= 4 is 6.09 Å². The van der Waals surface area contributed by atoms with Crippen molar-refractivity contribution in [3.8, 4) is 0 Å². The molecular weight excluding hydrogens is 337 g/mol. The Morgan fingerprint density at radius 2 is 2.08 bits per heavy atom. The monoisotopic (exact) mass is 361 g/mol. The predicted octanol–water partition coefficient (Wildman–Crippen LogP) is 3.91. The van der Waals surface area contributed by atoms with Crippen LogP contribution in [-0.4, -0.2) is 39.8 Å². The first kappa shape index (κ1) is 18.4. The first-order chi connectivity index (χ1) is 12.3. The second-order valence-electron chi connectivity index (χ2n) is 7.62. The number of carbonyl (C=O) groups excluding carboxylic acids is 1. The van der Waals surface area contributed by atoms with Crippen molar-refractivity contribution in [3.05, 3.63) is 47.4 Å². The lowest BCUT2D eigenvalue weighted by molar-refractivity contribution is 0.0189. The average Bonchev–Trinajstić information content (AvgIpc) is 3.04. The van der Waals surface area contributed by atoms with E-state index in [0.29, 0.717) is 31.2 Å². The molecule has 26 heavy (non-hydrogen) atoms. The summed E-state index contributed by atoms with van der Waals surface area (Å²) in [6.45, 7) is 6.74. The predicted molar refractivity (Wildman–Crippen MR) is 93.3 cm³/mol. The summed E-state index contributed by atoms with van der Waals surface area (Å²) in [4.78, 5) is 18.4. The zero-order valence-corrected chi connectivity index (χ0v) is 15.4. The van der Waals surface area contributed by atoms with Crippen LogP contribution in [0.25, 0.3) is 0 Å². The van der Waals surface area contributed by atoms with E-state index in [-0.39, 0.29) is 17.8 Å². The van der Waals surface area contributed by atoms with Gasteiger partial charge in [-0.05, 0) is 51.3 Å².